The molecule has 5 rings (SSSR count). The number of thiazole rings is 1. The van der Waals surface area contributed by atoms with Gasteiger partial charge in [-0.05, 0) is 52.4 Å². The highest BCUT2D eigenvalue weighted by molar-refractivity contribution is 7.14. The van der Waals surface area contributed by atoms with Crippen molar-refractivity contribution < 1.29 is 19.4 Å². The van der Waals surface area contributed by atoms with Crippen LogP contribution in [-0.4, -0.2) is 28.9 Å². The van der Waals surface area contributed by atoms with Crippen LogP contribution in [0.3, 0.4) is 0 Å². The first-order chi connectivity index (χ1) is 17.6. The highest BCUT2D eigenvalue weighted by Gasteiger charge is 2.48. The van der Waals surface area contributed by atoms with Crippen LogP contribution in [0.1, 0.15) is 49.2 Å². The lowest BCUT2D eigenvalue weighted by atomic mass is 9.85. The number of benzene rings is 3. The lowest BCUT2D eigenvalue weighted by Crippen LogP contribution is -2.29. The molecule has 6 nitrogen and oxygen atoms in total. The van der Waals surface area contributed by atoms with Crippen LogP contribution in [-0.2, 0) is 15.0 Å². The van der Waals surface area contributed by atoms with E-state index >= 15 is 0 Å². The molecular weight excluding hydrogens is 484 g/mol. The van der Waals surface area contributed by atoms with Crippen LogP contribution in [0, 0.1) is 6.92 Å². The Hall–Kier alpha value is -3.97. The summed E-state index contributed by atoms with van der Waals surface area (Å²) in [6, 6.07) is 18.1. The van der Waals surface area contributed by atoms with Crippen molar-refractivity contribution in [1.29, 1.82) is 0 Å². The molecule has 1 aliphatic rings. The molecule has 1 N–H and O–H groups in total. The van der Waals surface area contributed by atoms with Crippen molar-refractivity contribution in [3.8, 4) is 5.75 Å². The Balaban J connectivity index is 1.68. The zero-order valence-electron chi connectivity index (χ0n) is 21.4. The maximum Gasteiger partial charge on any atom is 0.301 e. The summed E-state index contributed by atoms with van der Waals surface area (Å²) in [5, 5.41) is 15.6. The molecule has 1 unspecified atom stereocenters. The van der Waals surface area contributed by atoms with Gasteiger partial charge in [-0.25, -0.2) is 4.98 Å². The van der Waals surface area contributed by atoms with Gasteiger partial charge in [-0.3, -0.25) is 14.5 Å². The van der Waals surface area contributed by atoms with Gasteiger partial charge in [0.1, 0.15) is 11.5 Å². The number of fused-ring (bicyclic) bond motifs is 1. The Morgan fingerprint density at radius 1 is 1.00 bits per heavy atom. The second-order valence-electron chi connectivity index (χ2n) is 10.2. The van der Waals surface area contributed by atoms with Gasteiger partial charge in [0.25, 0.3) is 5.78 Å². The second-order valence-corrected chi connectivity index (χ2v) is 11.1. The minimum atomic E-state index is -0.800. The van der Waals surface area contributed by atoms with Crippen LogP contribution in [0.5, 0.6) is 5.75 Å². The highest BCUT2D eigenvalue weighted by atomic mass is 32.1. The number of amides is 1. The number of aryl methyl sites for hydroxylation is 1. The van der Waals surface area contributed by atoms with Crippen LogP contribution in [0.2, 0.25) is 0 Å². The third-order valence-electron chi connectivity index (χ3n) is 6.67. The monoisotopic (exact) mass is 512 g/mol. The van der Waals surface area contributed by atoms with Crippen molar-refractivity contribution >= 4 is 44.7 Å². The summed E-state index contributed by atoms with van der Waals surface area (Å²) in [4.78, 5) is 32.7. The normalized spacial score (nSPS) is 17.5. The van der Waals surface area contributed by atoms with Crippen molar-refractivity contribution in [3.63, 3.8) is 0 Å². The summed E-state index contributed by atoms with van der Waals surface area (Å²) in [6.45, 7) is 8.22. The molecule has 2 heterocycles. The fourth-order valence-corrected chi connectivity index (χ4v) is 5.44. The SMILES string of the molecule is COc1ccc2cc(/C(O)=C3\C(=O)C(=O)N(c4nc(C)cs4)C3c3ccc(C(C)(C)C)cc3)ccc2c1. The van der Waals surface area contributed by atoms with Gasteiger partial charge in [-0.1, -0.05) is 63.2 Å². The van der Waals surface area contributed by atoms with Crippen molar-refractivity contribution in [3.05, 3.63) is 94.0 Å². The lowest BCUT2D eigenvalue weighted by Gasteiger charge is -2.24. The molecule has 0 saturated carbocycles. The molecule has 1 saturated heterocycles. The van der Waals surface area contributed by atoms with Gasteiger partial charge in [0.2, 0.25) is 0 Å². The molecule has 0 bridgehead atoms. The van der Waals surface area contributed by atoms with Crippen LogP contribution < -0.4 is 9.64 Å². The van der Waals surface area contributed by atoms with E-state index in [0.29, 0.717) is 10.7 Å². The predicted octanol–water partition coefficient (Wildman–Crippen LogP) is 6.54. The molecule has 1 fully saturated rings. The number of rotatable bonds is 4. The number of Topliss-reactive ketones (excluding diaryl/α,β-unsaturated/α-hetero) is 1. The average molecular weight is 513 g/mol. The summed E-state index contributed by atoms with van der Waals surface area (Å²) < 4.78 is 5.30. The van der Waals surface area contributed by atoms with Gasteiger partial charge in [0.15, 0.2) is 5.13 Å². The topological polar surface area (TPSA) is 79.7 Å². The largest absolute Gasteiger partial charge is 0.507 e. The van der Waals surface area contributed by atoms with Gasteiger partial charge in [-0.15, -0.1) is 11.3 Å². The zero-order valence-corrected chi connectivity index (χ0v) is 22.2. The third-order valence-corrected chi connectivity index (χ3v) is 7.63. The minimum absolute atomic E-state index is 0.0502. The number of aliphatic hydroxyl groups is 1. The van der Waals surface area contributed by atoms with E-state index in [1.54, 1.807) is 13.2 Å². The van der Waals surface area contributed by atoms with Crippen molar-refractivity contribution in [2.75, 3.05) is 12.0 Å². The quantitative estimate of drug-likeness (QED) is 0.191. The number of aliphatic hydroxyl groups excluding tert-OH is 1. The van der Waals surface area contributed by atoms with E-state index in [1.807, 2.05) is 66.9 Å². The van der Waals surface area contributed by atoms with Gasteiger partial charge in [-0.2, -0.15) is 0 Å². The molecule has 3 aromatic carbocycles. The maximum atomic E-state index is 13.4. The lowest BCUT2D eigenvalue weighted by molar-refractivity contribution is -0.132. The number of hydrogen-bond donors (Lipinski definition) is 1. The first-order valence-corrected chi connectivity index (χ1v) is 12.9. The molecular formula is C30H28N2O4S. The number of carbonyl (C=O) groups is 2. The molecule has 0 aliphatic carbocycles. The second kappa shape index (κ2) is 9.16. The number of methoxy groups -OCH3 is 1. The Labute approximate surface area is 219 Å². The van der Waals surface area contributed by atoms with Crippen molar-refractivity contribution in [2.45, 2.75) is 39.2 Å². The first-order valence-electron chi connectivity index (χ1n) is 12.0. The first kappa shape index (κ1) is 24.7. The van der Waals surface area contributed by atoms with E-state index < -0.39 is 17.7 Å². The number of ether oxygens (including phenoxy) is 1. The van der Waals surface area contributed by atoms with E-state index in [9.17, 15) is 14.7 Å². The van der Waals surface area contributed by atoms with Crippen LogP contribution >= 0.6 is 11.3 Å². The molecule has 1 aromatic heterocycles. The average Bonchev–Trinajstić information content (AvgIpc) is 3.42. The standard InChI is InChI=1S/C30H28N2O4S/c1-17-16-37-29(31-17)32-25(18-8-11-22(12-9-18)30(2,3)4)24(27(34)28(32)35)26(33)21-7-6-20-15-23(36-5)13-10-19(20)14-21/h6-16,25,33H,1-5H3/b26-24+. The highest BCUT2D eigenvalue weighted by Crippen LogP contribution is 2.43. The predicted molar refractivity (Wildman–Crippen MR) is 147 cm³/mol. The number of ketones is 1. The summed E-state index contributed by atoms with van der Waals surface area (Å²) >= 11 is 1.30. The Bertz CT molecular complexity index is 1560. The fourth-order valence-electron chi connectivity index (χ4n) is 4.62. The summed E-state index contributed by atoms with van der Waals surface area (Å²) in [5.41, 5.74) is 3.07. The van der Waals surface area contributed by atoms with E-state index in [0.717, 1.165) is 33.3 Å². The maximum absolute atomic E-state index is 13.4. The summed E-state index contributed by atoms with van der Waals surface area (Å²) in [7, 11) is 1.61. The molecule has 7 heteroatoms. The smallest absolute Gasteiger partial charge is 0.301 e. The van der Waals surface area contributed by atoms with Crippen LogP contribution in [0.25, 0.3) is 16.5 Å². The molecule has 0 spiro atoms. The van der Waals surface area contributed by atoms with Gasteiger partial charge in [0.05, 0.1) is 24.4 Å². The summed E-state index contributed by atoms with van der Waals surface area (Å²) in [5.74, 6) is -0.916. The summed E-state index contributed by atoms with van der Waals surface area (Å²) in [6.07, 6.45) is 0. The van der Waals surface area contributed by atoms with E-state index in [-0.39, 0.29) is 16.7 Å². The number of aromatic nitrogens is 1. The van der Waals surface area contributed by atoms with E-state index in [4.69, 9.17) is 4.74 Å². The number of carbonyl (C=O) groups excluding carboxylic acids is 2. The minimum Gasteiger partial charge on any atom is -0.507 e. The van der Waals surface area contributed by atoms with Crippen molar-refractivity contribution in [1.82, 2.24) is 4.98 Å². The van der Waals surface area contributed by atoms with Crippen LogP contribution in [0.15, 0.2) is 71.6 Å². The Morgan fingerprint density at radius 3 is 2.30 bits per heavy atom. The number of anilines is 1. The number of hydrogen-bond acceptors (Lipinski definition) is 6. The molecule has 37 heavy (non-hydrogen) atoms. The number of nitrogens with zero attached hydrogens (tertiary/aromatic N) is 2. The van der Waals surface area contributed by atoms with Gasteiger partial charge >= 0.3 is 5.91 Å². The molecule has 4 aromatic rings. The zero-order chi connectivity index (χ0) is 26.5. The molecule has 1 atom stereocenters. The molecule has 188 valence electrons. The molecule has 0 radical (unpaired) electrons. The molecule has 1 aliphatic heterocycles. The molecule has 1 amide bonds. The van der Waals surface area contributed by atoms with Crippen LogP contribution in [0.4, 0.5) is 5.13 Å². The Morgan fingerprint density at radius 2 is 1.68 bits per heavy atom. The van der Waals surface area contributed by atoms with Gasteiger partial charge in [0, 0.05) is 10.9 Å². The fraction of sp³-hybridized carbons (Fsp3) is 0.233. The van der Waals surface area contributed by atoms with E-state index in [2.05, 4.69) is 25.8 Å². The Kier molecular flexibility index (Phi) is 6.12. The van der Waals surface area contributed by atoms with Gasteiger partial charge < -0.3 is 9.84 Å². The third kappa shape index (κ3) is 4.40. The van der Waals surface area contributed by atoms with Crippen molar-refractivity contribution in [2.24, 2.45) is 0 Å². The van der Waals surface area contributed by atoms with E-state index in [1.165, 1.54) is 16.2 Å².